The SMILES string of the molecule is CCCCCN(C(=O)c1cc2ccccc2s1)c1c(N)n(CCCC)c(=O)[nH]c1=O. The number of nitrogens with one attached hydrogen (secondary N) is 1. The van der Waals surface area contributed by atoms with Gasteiger partial charge in [-0.15, -0.1) is 11.3 Å². The smallest absolute Gasteiger partial charge is 0.330 e. The molecule has 0 bridgehead atoms. The molecule has 0 radical (unpaired) electrons. The van der Waals surface area contributed by atoms with Crippen LogP contribution in [-0.2, 0) is 6.54 Å². The predicted molar refractivity (Wildman–Crippen MR) is 124 cm³/mol. The van der Waals surface area contributed by atoms with E-state index >= 15 is 0 Å². The van der Waals surface area contributed by atoms with Gasteiger partial charge in [-0.3, -0.25) is 24.0 Å². The van der Waals surface area contributed by atoms with Crippen LogP contribution >= 0.6 is 11.3 Å². The zero-order valence-corrected chi connectivity index (χ0v) is 18.3. The van der Waals surface area contributed by atoms with E-state index < -0.39 is 11.2 Å². The summed E-state index contributed by atoms with van der Waals surface area (Å²) in [5, 5.41) is 0.981. The molecule has 0 atom stereocenters. The summed E-state index contributed by atoms with van der Waals surface area (Å²) in [6, 6.07) is 9.61. The van der Waals surface area contributed by atoms with E-state index in [1.807, 2.05) is 37.3 Å². The molecule has 0 unspecified atom stereocenters. The molecule has 0 saturated carbocycles. The highest BCUT2D eigenvalue weighted by atomic mass is 32.1. The van der Waals surface area contributed by atoms with Gasteiger partial charge >= 0.3 is 5.69 Å². The van der Waals surface area contributed by atoms with Crippen LogP contribution in [0, 0.1) is 0 Å². The summed E-state index contributed by atoms with van der Waals surface area (Å²) in [6.45, 7) is 4.84. The first-order chi connectivity index (χ1) is 14.5. The van der Waals surface area contributed by atoms with Crippen LogP contribution in [0.2, 0.25) is 0 Å². The Morgan fingerprint density at radius 2 is 1.87 bits per heavy atom. The van der Waals surface area contributed by atoms with Crippen molar-refractivity contribution in [1.29, 1.82) is 0 Å². The summed E-state index contributed by atoms with van der Waals surface area (Å²) in [4.78, 5) is 42.8. The van der Waals surface area contributed by atoms with Crippen LogP contribution in [0.3, 0.4) is 0 Å². The molecule has 3 rings (SSSR count). The van der Waals surface area contributed by atoms with Crippen molar-refractivity contribution in [3.05, 3.63) is 56.0 Å². The Balaban J connectivity index is 2.08. The van der Waals surface area contributed by atoms with E-state index in [2.05, 4.69) is 11.9 Å². The van der Waals surface area contributed by atoms with Crippen molar-refractivity contribution >= 4 is 38.8 Å². The number of H-pyrrole nitrogens is 1. The molecule has 2 heterocycles. The molecule has 3 aromatic rings. The first-order valence-electron chi connectivity index (χ1n) is 10.4. The van der Waals surface area contributed by atoms with E-state index in [0.717, 1.165) is 42.2 Å². The highest BCUT2D eigenvalue weighted by molar-refractivity contribution is 7.20. The Morgan fingerprint density at radius 3 is 2.57 bits per heavy atom. The molecule has 0 spiro atoms. The molecular formula is C22H28N4O3S. The number of aromatic nitrogens is 2. The van der Waals surface area contributed by atoms with Crippen LogP contribution in [0.1, 0.15) is 55.6 Å². The molecule has 0 aliphatic carbocycles. The van der Waals surface area contributed by atoms with E-state index in [4.69, 9.17) is 5.73 Å². The average molecular weight is 429 g/mol. The standard InChI is InChI=1S/C22H28N4O3S/c1-3-5-9-13-25(21(28)17-14-15-10-7-8-11-16(15)30-17)18-19(23)26(12-6-4-2)22(29)24-20(18)27/h7-8,10-11,14H,3-6,9,12-13,23H2,1-2H3,(H,24,27,29). The molecule has 0 saturated heterocycles. The number of carbonyl (C=O) groups excluding carboxylic acids is 1. The maximum Gasteiger partial charge on any atom is 0.330 e. The molecule has 160 valence electrons. The number of rotatable bonds is 9. The van der Waals surface area contributed by atoms with Gasteiger partial charge in [0.1, 0.15) is 5.82 Å². The van der Waals surface area contributed by atoms with Gasteiger partial charge in [-0.2, -0.15) is 0 Å². The van der Waals surface area contributed by atoms with Gasteiger partial charge in [-0.25, -0.2) is 4.79 Å². The van der Waals surface area contributed by atoms with Gasteiger partial charge in [0.25, 0.3) is 11.5 Å². The Bertz CT molecular complexity index is 1110. The van der Waals surface area contributed by atoms with Gasteiger partial charge in [0.15, 0.2) is 5.69 Å². The van der Waals surface area contributed by atoms with Gasteiger partial charge in [0.2, 0.25) is 0 Å². The lowest BCUT2D eigenvalue weighted by atomic mass is 10.2. The predicted octanol–water partition coefficient (Wildman–Crippen LogP) is 3.97. The van der Waals surface area contributed by atoms with Crippen molar-refractivity contribution in [2.75, 3.05) is 17.2 Å². The summed E-state index contributed by atoms with van der Waals surface area (Å²) in [5.41, 5.74) is 5.16. The molecule has 3 N–H and O–H groups in total. The van der Waals surface area contributed by atoms with Crippen LogP contribution in [0.4, 0.5) is 11.5 Å². The van der Waals surface area contributed by atoms with Crippen molar-refractivity contribution in [3.63, 3.8) is 0 Å². The topological polar surface area (TPSA) is 101 Å². The second kappa shape index (κ2) is 9.75. The second-order valence-electron chi connectivity index (χ2n) is 7.31. The number of nitrogens with zero attached hydrogens (tertiary/aromatic N) is 2. The van der Waals surface area contributed by atoms with E-state index in [0.29, 0.717) is 18.0 Å². The average Bonchev–Trinajstić information content (AvgIpc) is 3.16. The molecule has 0 aliphatic heterocycles. The number of aromatic amines is 1. The molecule has 30 heavy (non-hydrogen) atoms. The Labute approximate surface area is 179 Å². The minimum Gasteiger partial charge on any atom is -0.383 e. The quantitative estimate of drug-likeness (QED) is 0.504. The normalized spacial score (nSPS) is 11.1. The summed E-state index contributed by atoms with van der Waals surface area (Å²) in [5.74, 6) is -0.228. The highest BCUT2D eigenvalue weighted by Crippen LogP contribution is 2.28. The third kappa shape index (κ3) is 4.48. The lowest BCUT2D eigenvalue weighted by molar-refractivity contribution is 0.0990. The van der Waals surface area contributed by atoms with Gasteiger partial charge in [-0.05, 0) is 30.4 Å². The Hall–Kier alpha value is -2.87. The summed E-state index contributed by atoms with van der Waals surface area (Å²) >= 11 is 1.39. The minimum absolute atomic E-state index is 0.0446. The van der Waals surface area contributed by atoms with E-state index in [9.17, 15) is 14.4 Å². The van der Waals surface area contributed by atoms with Crippen molar-refractivity contribution in [2.45, 2.75) is 52.5 Å². The molecule has 7 nitrogen and oxygen atoms in total. The number of fused-ring (bicyclic) bond motifs is 1. The second-order valence-corrected chi connectivity index (χ2v) is 8.39. The highest BCUT2D eigenvalue weighted by Gasteiger charge is 2.26. The molecule has 1 aromatic carbocycles. The summed E-state index contributed by atoms with van der Waals surface area (Å²) < 4.78 is 2.36. The van der Waals surface area contributed by atoms with Crippen LogP contribution in [0.15, 0.2) is 39.9 Å². The number of nitrogen functional groups attached to an aromatic ring is 1. The van der Waals surface area contributed by atoms with Crippen LogP contribution in [0.5, 0.6) is 0 Å². The van der Waals surface area contributed by atoms with Crippen molar-refractivity contribution in [3.8, 4) is 0 Å². The van der Waals surface area contributed by atoms with Crippen LogP contribution in [-0.4, -0.2) is 22.0 Å². The maximum absolute atomic E-state index is 13.5. The van der Waals surface area contributed by atoms with Gasteiger partial charge in [0, 0.05) is 17.8 Å². The molecule has 1 amide bonds. The van der Waals surface area contributed by atoms with E-state index in [-0.39, 0.29) is 17.4 Å². The lowest BCUT2D eigenvalue weighted by Gasteiger charge is -2.24. The fraction of sp³-hybridized carbons (Fsp3) is 0.409. The van der Waals surface area contributed by atoms with Gasteiger partial charge in [0.05, 0.1) is 4.88 Å². The number of unbranched alkanes of at least 4 members (excludes halogenated alkanes) is 3. The fourth-order valence-electron chi connectivity index (χ4n) is 3.43. The van der Waals surface area contributed by atoms with E-state index in [1.54, 1.807) is 0 Å². The van der Waals surface area contributed by atoms with Crippen molar-refractivity contribution in [1.82, 2.24) is 9.55 Å². The molecule has 2 aromatic heterocycles. The number of nitrogens with two attached hydrogens (primary N) is 1. The number of thiophene rings is 1. The van der Waals surface area contributed by atoms with E-state index in [1.165, 1.54) is 20.8 Å². The fourth-order valence-corrected chi connectivity index (χ4v) is 4.44. The summed E-state index contributed by atoms with van der Waals surface area (Å²) in [7, 11) is 0. The third-order valence-corrected chi connectivity index (χ3v) is 6.19. The third-order valence-electron chi connectivity index (χ3n) is 5.09. The maximum atomic E-state index is 13.5. The monoisotopic (exact) mass is 428 g/mol. The molecule has 0 fully saturated rings. The largest absolute Gasteiger partial charge is 0.383 e. The van der Waals surface area contributed by atoms with Crippen LogP contribution < -0.4 is 21.9 Å². The first kappa shape index (κ1) is 21.8. The summed E-state index contributed by atoms with van der Waals surface area (Å²) in [6.07, 6.45) is 4.26. The van der Waals surface area contributed by atoms with Gasteiger partial charge in [-0.1, -0.05) is 51.3 Å². The molecule has 8 heteroatoms. The Morgan fingerprint density at radius 1 is 1.13 bits per heavy atom. The lowest BCUT2D eigenvalue weighted by Crippen LogP contribution is -2.41. The number of anilines is 2. The number of carbonyl (C=O) groups is 1. The van der Waals surface area contributed by atoms with Crippen LogP contribution in [0.25, 0.3) is 10.1 Å². The zero-order chi connectivity index (χ0) is 21.7. The Kier molecular flexibility index (Phi) is 7.10. The minimum atomic E-state index is -0.629. The van der Waals surface area contributed by atoms with Gasteiger partial charge < -0.3 is 5.73 Å². The number of hydrogen-bond acceptors (Lipinski definition) is 5. The van der Waals surface area contributed by atoms with Crippen molar-refractivity contribution in [2.24, 2.45) is 0 Å². The number of amides is 1. The zero-order valence-electron chi connectivity index (χ0n) is 17.4. The number of hydrogen-bond donors (Lipinski definition) is 2. The molecule has 0 aliphatic rings. The first-order valence-corrected chi connectivity index (χ1v) is 11.2. The molecular weight excluding hydrogens is 400 g/mol. The van der Waals surface area contributed by atoms with Crippen molar-refractivity contribution < 1.29 is 4.79 Å². The number of benzene rings is 1.